The Balaban J connectivity index is 3.33. The van der Waals surface area contributed by atoms with Gasteiger partial charge in [-0.25, -0.2) is 0 Å². The maximum atomic E-state index is 2.42. The summed E-state index contributed by atoms with van der Waals surface area (Å²) in [7, 11) is 0. The molecule has 0 heteroatoms. The van der Waals surface area contributed by atoms with E-state index in [-0.39, 0.29) is 0 Å². The summed E-state index contributed by atoms with van der Waals surface area (Å²) < 4.78 is 0. The van der Waals surface area contributed by atoms with E-state index in [0.717, 1.165) is 0 Å². The van der Waals surface area contributed by atoms with Crippen molar-refractivity contribution in [2.75, 3.05) is 0 Å². The smallest absolute Gasteiger partial charge is 0.0326 e. The molecule has 0 fully saturated rings. The van der Waals surface area contributed by atoms with Crippen molar-refractivity contribution in [2.24, 2.45) is 5.41 Å². The van der Waals surface area contributed by atoms with E-state index in [9.17, 15) is 0 Å². The molecular formula is C9H19. The molecule has 0 unspecified atom stereocenters. The van der Waals surface area contributed by atoms with E-state index in [0.29, 0.717) is 5.41 Å². The molecule has 0 aromatic heterocycles. The van der Waals surface area contributed by atoms with Gasteiger partial charge in [0.05, 0.1) is 0 Å². The molecule has 0 aromatic rings. The summed E-state index contributed by atoms with van der Waals surface area (Å²) in [5.41, 5.74) is 0.468. The Kier molecular flexibility index (Phi) is 3.92. The summed E-state index contributed by atoms with van der Waals surface area (Å²) in [5.74, 6) is 0. The first-order valence-corrected chi connectivity index (χ1v) is 3.96. The standard InChI is InChI=1S/C9H19/c1-5-7-8-9(3,4)6-2/h8H,5-7H2,1-4H3. The lowest BCUT2D eigenvalue weighted by Crippen LogP contribution is -2.09. The Bertz CT molecular complexity index is 62.4. The molecule has 0 aliphatic carbocycles. The van der Waals surface area contributed by atoms with Crippen LogP contribution in [0.5, 0.6) is 0 Å². The zero-order valence-corrected chi connectivity index (χ0v) is 7.20. The molecule has 55 valence electrons. The Morgan fingerprint density at radius 3 is 2.11 bits per heavy atom. The Morgan fingerprint density at radius 2 is 1.78 bits per heavy atom. The second-order valence-corrected chi connectivity index (χ2v) is 3.33. The minimum atomic E-state index is 0.468. The van der Waals surface area contributed by atoms with Crippen LogP contribution < -0.4 is 0 Å². The third-order valence-corrected chi connectivity index (χ3v) is 1.90. The van der Waals surface area contributed by atoms with Gasteiger partial charge in [0.15, 0.2) is 0 Å². The number of hydrogen-bond donors (Lipinski definition) is 0. The number of unbranched alkanes of at least 4 members (excludes halogenated alkanes) is 1. The largest absolute Gasteiger partial charge is 0.0654 e. The van der Waals surface area contributed by atoms with Gasteiger partial charge in [-0.05, 0) is 18.3 Å². The minimum Gasteiger partial charge on any atom is -0.0654 e. The maximum Gasteiger partial charge on any atom is -0.0326 e. The molecule has 0 saturated carbocycles. The van der Waals surface area contributed by atoms with Crippen LogP contribution in [-0.4, -0.2) is 0 Å². The van der Waals surface area contributed by atoms with Crippen LogP contribution in [0.15, 0.2) is 0 Å². The van der Waals surface area contributed by atoms with Crippen LogP contribution >= 0.6 is 0 Å². The fourth-order valence-corrected chi connectivity index (χ4v) is 0.679. The van der Waals surface area contributed by atoms with Gasteiger partial charge in [-0.2, -0.15) is 0 Å². The molecule has 0 aliphatic rings. The fraction of sp³-hybridized carbons (Fsp3) is 0.889. The summed E-state index contributed by atoms with van der Waals surface area (Å²) in [6.45, 7) is 9.06. The van der Waals surface area contributed by atoms with Gasteiger partial charge in [-0.15, -0.1) is 0 Å². The van der Waals surface area contributed by atoms with Crippen LogP contribution in [0.2, 0.25) is 0 Å². The van der Waals surface area contributed by atoms with Gasteiger partial charge in [-0.1, -0.05) is 40.5 Å². The van der Waals surface area contributed by atoms with Crippen molar-refractivity contribution in [3.63, 3.8) is 0 Å². The normalized spacial score (nSPS) is 12.0. The van der Waals surface area contributed by atoms with E-state index in [2.05, 4.69) is 34.1 Å². The maximum absolute atomic E-state index is 2.42. The molecule has 0 atom stereocenters. The zero-order chi connectivity index (χ0) is 7.33. The van der Waals surface area contributed by atoms with E-state index in [1.807, 2.05) is 0 Å². The van der Waals surface area contributed by atoms with Crippen LogP contribution in [0.3, 0.4) is 0 Å². The van der Waals surface area contributed by atoms with Gasteiger partial charge in [-0.3, -0.25) is 0 Å². The highest BCUT2D eigenvalue weighted by Crippen LogP contribution is 2.25. The predicted octanol–water partition coefficient (Wildman–Crippen LogP) is 3.43. The highest BCUT2D eigenvalue weighted by Gasteiger charge is 2.13. The molecule has 0 heterocycles. The molecule has 0 nitrogen and oxygen atoms in total. The molecule has 0 N–H and O–H groups in total. The second-order valence-electron chi connectivity index (χ2n) is 3.33. The van der Waals surface area contributed by atoms with Crippen molar-refractivity contribution in [3.05, 3.63) is 6.42 Å². The van der Waals surface area contributed by atoms with Gasteiger partial charge < -0.3 is 0 Å². The highest BCUT2D eigenvalue weighted by molar-refractivity contribution is 4.82. The van der Waals surface area contributed by atoms with Crippen molar-refractivity contribution in [2.45, 2.75) is 47.0 Å². The van der Waals surface area contributed by atoms with Gasteiger partial charge in [0.1, 0.15) is 0 Å². The topological polar surface area (TPSA) is 0 Å². The van der Waals surface area contributed by atoms with Crippen molar-refractivity contribution in [3.8, 4) is 0 Å². The summed E-state index contributed by atoms with van der Waals surface area (Å²) in [6.07, 6.45) is 6.23. The zero-order valence-electron chi connectivity index (χ0n) is 7.20. The van der Waals surface area contributed by atoms with E-state index in [4.69, 9.17) is 0 Å². The lowest BCUT2D eigenvalue weighted by atomic mass is 9.85. The first-order valence-electron chi connectivity index (χ1n) is 3.96. The molecule has 0 saturated heterocycles. The average molecular weight is 127 g/mol. The molecule has 0 spiro atoms. The van der Waals surface area contributed by atoms with E-state index >= 15 is 0 Å². The molecule has 0 bridgehead atoms. The van der Waals surface area contributed by atoms with E-state index in [1.54, 1.807) is 0 Å². The number of hydrogen-bond acceptors (Lipinski definition) is 0. The third-order valence-electron chi connectivity index (χ3n) is 1.90. The van der Waals surface area contributed by atoms with Crippen molar-refractivity contribution in [1.29, 1.82) is 0 Å². The predicted molar refractivity (Wildman–Crippen MR) is 43.3 cm³/mol. The molecule has 0 amide bonds. The first kappa shape index (κ1) is 9.00. The summed E-state index contributed by atoms with van der Waals surface area (Å²) in [4.78, 5) is 0. The average Bonchev–Trinajstić information content (AvgIpc) is 1.84. The highest BCUT2D eigenvalue weighted by atomic mass is 14.2. The van der Waals surface area contributed by atoms with E-state index < -0.39 is 0 Å². The molecule has 1 radical (unpaired) electrons. The van der Waals surface area contributed by atoms with Crippen LogP contribution in [0.25, 0.3) is 0 Å². The van der Waals surface area contributed by atoms with Gasteiger partial charge in [0.2, 0.25) is 0 Å². The monoisotopic (exact) mass is 127 g/mol. The quantitative estimate of drug-likeness (QED) is 0.542. The third kappa shape index (κ3) is 4.50. The molecule has 0 aliphatic heterocycles. The lowest BCUT2D eigenvalue weighted by molar-refractivity contribution is 0.404. The fourth-order valence-electron chi connectivity index (χ4n) is 0.679. The van der Waals surface area contributed by atoms with Crippen LogP contribution in [0.4, 0.5) is 0 Å². The van der Waals surface area contributed by atoms with Gasteiger partial charge in [0, 0.05) is 0 Å². The van der Waals surface area contributed by atoms with Crippen molar-refractivity contribution >= 4 is 0 Å². The molecular weight excluding hydrogens is 108 g/mol. The Hall–Kier alpha value is 0. The lowest BCUT2D eigenvalue weighted by Gasteiger charge is -2.21. The SMILES string of the molecule is CCC[CH]C(C)(C)CC. The summed E-state index contributed by atoms with van der Waals surface area (Å²) >= 11 is 0. The molecule has 9 heavy (non-hydrogen) atoms. The first-order chi connectivity index (χ1) is 4.12. The van der Waals surface area contributed by atoms with Crippen LogP contribution in [0, 0.1) is 11.8 Å². The Labute approximate surface area is 59.7 Å². The van der Waals surface area contributed by atoms with E-state index in [1.165, 1.54) is 19.3 Å². The summed E-state index contributed by atoms with van der Waals surface area (Å²) in [6, 6.07) is 0. The minimum absolute atomic E-state index is 0.468. The van der Waals surface area contributed by atoms with Crippen molar-refractivity contribution < 1.29 is 0 Å². The molecule has 0 aromatic carbocycles. The molecule has 0 rings (SSSR count). The van der Waals surface area contributed by atoms with Crippen LogP contribution in [-0.2, 0) is 0 Å². The van der Waals surface area contributed by atoms with Gasteiger partial charge in [0.25, 0.3) is 0 Å². The van der Waals surface area contributed by atoms with Crippen LogP contribution in [0.1, 0.15) is 47.0 Å². The summed E-state index contributed by atoms with van der Waals surface area (Å²) in [5, 5.41) is 0. The van der Waals surface area contributed by atoms with Gasteiger partial charge >= 0.3 is 0 Å². The van der Waals surface area contributed by atoms with Crippen molar-refractivity contribution in [1.82, 2.24) is 0 Å². The number of rotatable bonds is 4. The second kappa shape index (κ2) is 3.92. The Morgan fingerprint density at radius 1 is 1.22 bits per heavy atom.